The summed E-state index contributed by atoms with van der Waals surface area (Å²) in [5.74, 6) is 1.51. The number of hydrogen-bond acceptors (Lipinski definition) is 6. The number of alkyl halides is 3. The summed E-state index contributed by atoms with van der Waals surface area (Å²) in [4.78, 5) is 20.6. The lowest BCUT2D eigenvalue weighted by Gasteiger charge is -2.17. The van der Waals surface area contributed by atoms with Crippen molar-refractivity contribution in [2.75, 3.05) is 33.2 Å². The molecule has 206 valence electrons. The number of nitrogens with one attached hydrogen (secondary N) is 2. The van der Waals surface area contributed by atoms with Crippen LogP contribution in [-0.2, 0) is 12.8 Å². The third-order valence-electron chi connectivity index (χ3n) is 6.01. The van der Waals surface area contributed by atoms with Gasteiger partial charge < -0.3 is 24.5 Å². The van der Waals surface area contributed by atoms with E-state index < -0.39 is 12.7 Å². The second-order valence-corrected chi connectivity index (χ2v) is 8.19. The van der Waals surface area contributed by atoms with Crippen LogP contribution in [-0.4, -0.2) is 44.0 Å². The van der Waals surface area contributed by atoms with Gasteiger partial charge in [0.1, 0.15) is 18.1 Å². The molecule has 0 bridgehead atoms. The molecule has 0 amide bonds. The summed E-state index contributed by atoms with van der Waals surface area (Å²) in [5, 5.41) is 4.41. The topological polar surface area (TPSA) is 85.5 Å². The highest BCUT2D eigenvalue weighted by molar-refractivity contribution is 5.92. The van der Waals surface area contributed by atoms with Crippen LogP contribution in [0.4, 0.5) is 19.0 Å². The van der Waals surface area contributed by atoms with Crippen LogP contribution in [0.2, 0.25) is 0 Å². The highest BCUT2D eigenvalue weighted by atomic mass is 35.5. The fourth-order valence-corrected chi connectivity index (χ4v) is 4.28. The molecule has 7 nitrogen and oxygen atoms in total. The molecule has 0 fully saturated rings. The summed E-state index contributed by atoms with van der Waals surface area (Å²) >= 11 is 0. The first-order chi connectivity index (χ1) is 17.2. The Kier molecular flexibility index (Phi) is 10.1. The molecule has 12 heteroatoms. The molecule has 0 aliphatic carbocycles. The molecular formula is C26H28Cl2F3N3O4. The highest BCUT2D eigenvalue weighted by Gasteiger charge is 2.28. The van der Waals surface area contributed by atoms with E-state index in [0.717, 1.165) is 5.39 Å². The molecule has 2 heterocycles. The molecule has 2 N–H and O–H groups in total. The Hall–Kier alpha value is -3.37. The Morgan fingerprint density at radius 2 is 1.55 bits per heavy atom. The number of aromatic amines is 1. The maximum atomic E-state index is 13.2. The number of nitrogens with zero attached hydrogens (tertiary/aromatic N) is 1. The minimum atomic E-state index is -4.45. The lowest BCUT2D eigenvalue weighted by Crippen LogP contribution is -2.23. The zero-order chi connectivity index (χ0) is 26.0. The van der Waals surface area contributed by atoms with Crippen molar-refractivity contribution in [2.24, 2.45) is 0 Å². The summed E-state index contributed by atoms with van der Waals surface area (Å²) in [6, 6.07) is 10.4. The van der Waals surface area contributed by atoms with Crippen molar-refractivity contribution in [2.45, 2.75) is 25.9 Å². The fourth-order valence-electron chi connectivity index (χ4n) is 4.28. The SMILES string of the molecule is CCc1[nH]c(=O)c(Cc2cc3c(OC)cccc3nc2NCC(F)(F)F)c2cc(OC)c(OC)cc12.Cl.Cl. The van der Waals surface area contributed by atoms with Gasteiger partial charge in [-0.05, 0) is 47.7 Å². The molecule has 0 spiro atoms. The standard InChI is InChI=1S/C26H26F3N3O4.2ClH/c1-5-19-16-12-23(36-4)22(35-3)11-15(16)17(25(33)32-19)9-14-10-18-20(7-6-8-21(18)34-2)31-24(14)30-13-26(27,28)29;;/h6-8,10-12H,5,9,13H2,1-4H3,(H,30,31)(H,32,33);2*1H. The van der Waals surface area contributed by atoms with Gasteiger partial charge in [-0.2, -0.15) is 13.2 Å². The van der Waals surface area contributed by atoms with Crippen molar-refractivity contribution in [3.05, 3.63) is 63.6 Å². The second kappa shape index (κ2) is 12.4. The summed E-state index contributed by atoms with van der Waals surface area (Å²) in [5.41, 5.74) is 1.63. The largest absolute Gasteiger partial charge is 0.496 e. The monoisotopic (exact) mass is 573 g/mol. The molecule has 4 rings (SSSR count). The third kappa shape index (κ3) is 6.19. The molecule has 2 aromatic carbocycles. The van der Waals surface area contributed by atoms with E-state index in [9.17, 15) is 18.0 Å². The van der Waals surface area contributed by atoms with Gasteiger partial charge in [0.25, 0.3) is 5.56 Å². The maximum Gasteiger partial charge on any atom is 0.405 e. The summed E-state index contributed by atoms with van der Waals surface area (Å²) < 4.78 is 55.5. The van der Waals surface area contributed by atoms with Gasteiger partial charge in [-0.3, -0.25) is 4.79 Å². The van der Waals surface area contributed by atoms with Gasteiger partial charge in [0.2, 0.25) is 0 Å². The van der Waals surface area contributed by atoms with E-state index in [0.29, 0.717) is 56.8 Å². The molecule has 0 saturated heterocycles. The number of anilines is 1. The van der Waals surface area contributed by atoms with Crippen LogP contribution in [0.3, 0.4) is 0 Å². The predicted octanol–water partition coefficient (Wildman–Crippen LogP) is 6.07. The maximum absolute atomic E-state index is 13.2. The zero-order valence-corrected chi connectivity index (χ0v) is 22.7. The van der Waals surface area contributed by atoms with E-state index >= 15 is 0 Å². The summed E-state index contributed by atoms with van der Waals surface area (Å²) in [6.45, 7) is 0.652. The molecule has 0 radical (unpaired) electrons. The Morgan fingerprint density at radius 3 is 2.13 bits per heavy atom. The number of methoxy groups -OCH3 is 3. The van der Waals surface area contributed by atoms with Crippen molar-refractivity contribution in [3.8, 4) is 17.2 Å². The fraction of sp³-hybridized carbons (Fsp3) is 0.308. The highest BCUT2D eigenvalue weighted by Crippen LogP contribution is 2.36. The third-order valence-corrected chi connectivity index (χ3v) is 6.01. The first-order valence-electron chi connectivity index (χ1n) is 11.3. The predicted molar refractivity (Wildman–Crippen MR) is 147 cm³/mol. The number of rotatable bonds is 8. The van der Waals surface area contributed by atoms with E-state index in [1.807, 2.05) is 6.92 Å². The van der Waals surface area contributed by atoms with Gasteiger partial charge in [-0.1, -0.05) is 13.0 Å². The number of benzene rings is 2. The van der Waals surface area contributed by atoms with Crippen LogP contribution in [0.15, 0.2) is 41.2 Å². The van der Waals surface area contributed by atoms with Crippen LogP contribution in [0.25, 0.3) is 21.7 Å². The number of halogens is 5. The van der Waals surface area contributed by atoms with Gasteiger partial charge in [-0.15, -0.1) is 24.8 Å². The molecule has 38 heavy (non-hydrogen) atoms. The molecule has 0 unspecified atom stereocenters. The van der Waals surface area contributed by atoms with Crippen LogP contribution >= 0.6 is 24.8 Å². The van der Waals surface area contributed by atoms with Crippen molar-refractivity contribution in [1.29, 1.82) is 0 Å². The molecule has 2 aromatic heterocycles. The molecule has 0 aliphatic heterocycles. The van der Waals surface area contributed by atoms with Gasteiger partial charge in [0.05, 0.1) is 26.8 Å². The van der Waals surface area contributed by atoms with E-state index in [4.69, 9.17) is 14.2 Å². The zero-order valence-electron chi connectivity index (χ0n) is 21.1. The Bertz CT molecular complexity index is 1490. The molecular weight excluding hydrogens is 546 g/mol. The number of aromatic nitrogens is 2. The summed E-state index contributed by atoms with van der Waals surface area (Å²) in [6.07, 6.45) is -3.86. The molecule has 0 saturated carbocycles. The molecule has 0 aliphatic rings. The lowest BCUT2D eigenvalue weighted by molar-refractivity contribution is -0.115. The van der Waals surface area contributed by atoms with Gasteiger partial charge in [0, 0.05) is 28.5 Å². The number of H-pyrrole nitrogens is 1. The number of aryl methyl sites for hydroxylation is 1. The second-order valence-electron chi connectivity index (χ2n) is 8.19. The number of ether oxygens (including phenoxy) is 3. The van der Waals surface area contributed by atoms with Crippen LogP contribution in [0.1, 0.15) is 23.7 Å². The van der Waals surface area contributed by atoms with E-state index in [2.05, 4.69) is 15.3 Å². The van der Waals surface area contributed by atoms with Crippen molar-refractivity contribution < 1.29 is 27.4 Å². The van der Waals surface area contributed by atoms with E-state index in [1.165, 1.54) is 21.3 Å². The molecule has 4 aromatic rings. The van der Waals surface area contributed by atoms with Crippen LogP contribution in [0.5, 0.6) is 17.2 Å². The quantitative estimate of drug-likeness (QED) is 0.266. The van der Waals surface area contributed by atoms with Crippen LogP contribution in [0, 0.1) is 0 Å². The van der Waals surface area contributed by atoms with Gasteiger partial charge in [0.15, 0.2) is 11.5 Å². The van der Waals surface area contributed by atoms with E-state index in [1.54, 1.807) is 36.4 Å². The van der Waals surface area contributed by atoms with E-state index in [-0.39, 0.29) is 42.6 Å². The van der Waals surface area contributed by atoms with Gasteiger partial charge in [-0.25, -0.2) is 4.98 Å². The Morgan fingerprint density at radius 1 is 0.921 bits per heavy atom. The minimum Gasteiger partial charge on any atom is -0.496 e. The molecule has 0 atom stereocenters. The smallest absolute Gasteiger partial charge is 0.405 e. The van der Waals surface area contributed by atoms with Crippen molar-refractivity contribution >= 4 is 52.3 Å². The number of fused-ring (bicyclic) bond motifs is 2. The average Bonchev–Trinajstić information content (AvgIpc) is 2.86. The van der Waals surface area contributed by atoms with Gasteiger partial charge >= 0.3 is 6.18 Å². The van der Waals surface area contributed by atoms with Crippen molar-refractivity contribution in [1.82, 2.24) is 9.97 Å². The average molecular weight is 574 g/mol. The summed E-state index contributed by atoms with van der Waals surface area (Å²) in [7, 11) is 4.52. The number of pyridine rings is 2. The first kappa shape index (κ1) is 30.9. The Balaban J connectivity index is 0.00000253. The van der Waals surface area contributed by atoms with Crippen LogP contribution < -0.4 is 25.1 Å². The Labute approximate surface area is 229 Å². The number of hydrogen-bond donors (Lipinski definition) is 2. The normalized spacial score (nSPS) is 11.0. The lowest BCUT2D eigenvalue weighted by atomic mass is 9.97. The van der Waals surface area contributed by atoms with Crippen molar-refractivity contribution in [3.63, 3.8) is 0 Å². The minimum absolute atomic E-state index is 0. The first-order valence-corrected chi connectivity index (χ1v) is 11.3.